The monoisotopic (exact) mass is 310 g/mol. The minimum Gasteiger partial charge on any atom is -0.467 e. The number of nitrogens with one attached hydrogen (secondary N) is 2. The van der Waals surface area contributed by atoms with Crippen molar-refractivity contribution in [3.8, 4) is 0 Å². The van der Waals surface area contributed by atoms with Crippen molar-refractivity contribution in [3.63, 3.8) is 0 Å². The Morgan fingerprint density at radius 3 is 2.86 bits per heavy atom. The number of carbonyl (C=O) groups is 2. The molecule has 2 N–H and O–H groups in total. The molecule has 1 atom stereocenters. The Morgan fingerprint density at radius 1 is 1.48 bits per heavy atom. The molecular weight excluding hydrogens is 288 g/mol. The Kier molecular flexibility index (Phi) is 6.20. The molecule has 1 fully saturated rings. The number of piperidine rings is 1. The molecule has 6 heteroatoms. The predicted molar refractivity (Wildman–Crippen MR) is 82.0 cm³/mol. The van der Waals surface area contributed by atoms with E-state index in [4.69, 9.17) is 4.74 Å². The van der Waals surface area contributed by atoms with Gasteiger partial charge >= 0.3 is 5.97 Å². The molecule has 1 saturated heterocycles. The van der Waals surface area contributed by atoms with E-state index in [-0.39, 0.29) is 5.91 Å². The van der Waals surface area contributed by atoms with Crippen LogP contribution in [0.3, 0.4) is 0 Å². The van der Waals surface area contributed by atoms with E-state index < -0.39 is 12.0 Å². The first-order chi connectivity index (χ1) is 10.2. The van der Waals surface area contributed by atoms with Crippen LogP contribution < -0.4 is 10.6 Å². The standard InChI is InChI=1S/C15H22N2O3S/c1-20-15(19)14(12-3-2-10-21-12)17-13(18)5-4-11-6-8-16-9-7-11/h2-3,10-11,14,16H,4-9H2,1H3,(H,17,18). The van der Waals surface area contributed by atoms with Gasteiger partial charge in [0, 0.05) is 11.3 Å². The smallest absolute Gasteiger partial charge is 0.333 e. The van der Waals surface area contributed by atoms with E-state index in [1.807, 2.05) is 17.5 Å². The van der Waals surface area contributed by atoms with Crippen LogP contribution in [0.1, 0.15) is 36.6 Å². The van der Waals surface area contributed by atoms with Crippen LogP contribution in [0.4, 0.5) is 0 Å². The zero-order chi connectivity index (χ0) is 15.1. The zero-order valence-corrected chi connectivity index (χ0v) is 13.1. The van der Waals surface area contributed by atoms with Crippen LogP contribution in [0.25, 0.3) is 0 Å². The topological polar surface area (TPSA) is 67.4 Å². The van der Waals surface area contributed by atoms with E-state index in [2.05, 4.69) is 10.6 Å². The molecule has 0 aliphatic carbocycles. The van der Waals surface area contributed by atoms with Crippen molar-refractivity contribution in [2.24, 2.45) is 5.92 Å². The second-order valence-corrected chi connectivity index (χ2v) is 6.25. The molecule has 5 nitrogen and oxygen atoms in total. The first-order valence-electron chi connectivity index (χ1n) is 7.32. The van der Waals surface area contributed by atoms with E-state index in [0.717, 1.165) is 37.2 Å². The molecular formula is C15H22N2O3S. The summed E-state index contributed by atoms with van der Waals surface area (Å²) in [5.74, 6) is 0.0975. The predicted octanol–water partition coefficient (Wildman–Crippen LogP) is 1.86. The van der Waals surface area contributed by atoms with Gasteiger partial charge in [-0.2, -0.15) is 0 Å². The summed E-state index contributed by atoms with van der Waals surface area (Å²) >= 11 is 1.44. The van der Waals surface area contributed by atoms with Crippen LogP contribution >= 0.6 is 11.3 Å². The Labute approximate surface area is 129 Å². The third kappa shape index (κ3) is 4.82. The lowest BCUT2D eigenvalue weighted by Crippen LogP contribution is -2.34. The number of carbonyl (C=O) groups excluding carboxylic acids is 2. The van der Waals surface area contributed by atoms with Crippen LogP contribution in [0.5, 0.6) is 0 Å². The molecule has 2 rings (SSSR count). The molecule has 0 bridgehead atoms. The number of rotatable bonds is 6. The highest BCUT2D eigenvalue weighted by Crippen LogP contribution is 2.21. The van der Waals surface area contributed by atoms with Crippen molar-refractivity contribution >= 4 is 23.2 Å². The van der Waals surface area contributed by atoms with Crippen LogP contribution in [-0.2, 0) is 14.3 Å². The number of amides is 1. The molecule has 1 aromatic rings. The molecule has 2 heterocycles. The fraction of sp³-hybridized carbons (Fsp3) is 0.600. The summed E-state index contributed by atoms with van der Waals surface area (Å²) < 4.78 is 4.78. The fourth-order valence-electron chi connectivity index (χ4n) is 2.56. The summed E-state index contributed by atoms with van der Waals surface area (Å²) in [5.41, 5.74) is 0. The van der Waals surface area contributed by atoms with Crippen molar-refractivity contribution in [1.29, 1.82) is 0 Å². The second-order valence-electron chi connectivity index (χ2n) is 5.27. The number of thiophene rings is 1. The third-order valence-electron chi connectivity index (χ3n) is 3.81. The van der Waals surface area contributed by atoms with Crippen LogP contribution in [-0.4, -0.2) is 32.1 Å². The maximum atomic E-state index is 12.1. The summed E-state index contributed by atoms with van der Waals surface area (Å²) in [6.45, 7) is 2.07. The lowest BCUT2D eigenvalue weighted by molar-refractivity contribution is -0.145. The SMILES string of the molecule is COC(=O)C(NC(=O)CCC1CCNCC1)c1cccs1. The van der Waals surface area contributed by atoms with Crippen molar-refractivity contribution in [2.75, 3.05) is 20.2 Å². The quantitative estimate of drug-likeness (QED) is 0.787. The van der Waals surface area contributed by atoms with Crippen molar-refractivity contribution in [2.45, 2.75) is 31.7 Å². The molecule has 0 radical (unpaired) electrons. The molecule has 0 aromatic carbocycles. The molecule has 0 spiro atoms. The lowest BCUT2D eigenvalue weighted by Gasteiger charge is -2.22. The molecule has 116 valence electrons. The zero-order valence-electron chi connectivity index (χ0n) is 12.3. The Hall–Kier alpha value is -1.40. The average Bonchev–Trinajstić information content (AvgIpc) is 3.05. The summed E-state index contributed by atoms with van der Waals surface area (Å²) in [7, 11) is 1.34. The highest BCUT2D eigenvalue weighted by atomic mass is 32.1. The first kappa shape index (κ1) is 16.0. The van der Waals surface area contributed by atoms with Gasteiger partial charge in [-0.1, -0.05) is 6.07 Å². The van der Waals surface area contributed by atoms with Crippen molar-refractivity contribution in [1.82, 2.24) is 10.6 Å². The summed E-state index contributed by atoms with van der Waals surface area (Å²) in [6.07, 6.45) is 3.59. The van der Waals surface area contributed by atoms with Gasteiger partial charge < -0.3 is 15.4 Å². The van der Waals surface area contributed by atoms with Gasteiger partial charge in [-0.3, -0.25) is 4.79 Å². The van der Waals surface area contributed by atoms with Gasteiger partial charge in [-0.25, -0.2) is 4.79 Å². The number of methoxy groups -OCH3 is 1. The van der Waals surface area contributed by atoms with Gasteiger partial charge in [0.2, 0.25) is 5.91 Å². The Morgan fingerprint density at radius 2 is 2.24 bits per heavy atom. The second kappa shape index (κ2) is 8.14. The van der Waals surface area contributed by atoms with Crippen molar-refractivity contribution < 1.29 is 14.3 Å². The first-order valence-corrected chi connectivity index (χ1v) is 8.20. The number of esters is 1. The van der Waals surface area contributed by atoms with Crippen molar-refractivity contribution in [3.05, 3.63) is 22.4 Å². The van der Waals surface area contributed by atoms with Gasteiger partial charge in [0.15, 0.2) is 6.04 Å². The van der Waals surface area contributed by atoms with E-state index in [0.29, 0.717) is 12.3 Å². The normalized spacial score (nSPS) is 17.2. The van der Waals surface area contributed by atoms with Gasteiger partial charge in [-0.15, -0.1) is 11.3 Å². The minimum absolute atomic E-state index is 0.0858. The van der Waals surface area contributed by atoms with Crippen LogP contribution in [0, 0.1) is 5.92 Å². The highest BCUT2D eigenvalue weighted by Gasteiger charge is 2.24. The fourth-order valence-corrected chi connectivity index (χ4v) is 3.32. The average molecular weight is 310 g/mol. The van der Waals surface area contributed by atoms with Gasteiger partial charge in [0.1, 0.15) is 0 Å². The Bertz CT molecular complexity index is 455. The van der Waals surface area contributed by atoms with Gasteiger partial charge in [0.25, 0.3) is 0 Å². The van der Waals surface area contributed by atoms with Gasteiger partial charge in [0.05, 0.1) is 7.11 Å². The summed E-state index contributed by atoms with van der Waals surface area (Å²) in [6, 6.07) is 3.01. The molecule has 21 heavy (non-hydrogen) atoms. The maximum Gasteiger partial charge on any atom is 0.333 e. The largest absolute Gasteiger partial charge is 0.467 e. The third-order valence-corrected chi connectivity index (χ3v) is 4.75. The maximum absolute atomic E-state index is 12.1. The van der Waals surface area contributed by atoms with E-state index >= 15 is 0 Å². The molecule has 0 saturated carbocycles. The van der Waals surface area contributed by atoms with Gasteiger partial charge in [-0.05, 0) is 49.7 Å². The molecule has 1 amide bonds. The Balaban J connectivity index is 1.84. The molecule has 1 aliphatic heterocycles. The molecule has 1 aromatic heterocycles. The number of hydrogen-bond donors (Lipinski definition) is 2. The number of ether oxygens (including phenoxy) is 1. The van der Waals surface area contributed by atoms with Crippen LogP contribution in [0.15, 0.2) is 17.5 Å². The minimum atomic E-state index is -0.685. The van der Waals surface area contributed by atoms with E-state index in [1.54, 1.807) is 0 Å². The van der Waals surface area contributed by atoms with Crippen LogP contribution in [0.2, 0.25) is 0 Å². The molecule has 1 aliphatic rings. The summed E-state index contributed by atoms with van der Waals surface area (Å²) in [5, 5.41) is 7.99. The lowest BCUT2D eigenvalue weighted by atomic mass is 9.93. The summed E-state index contributed by atoms with van der Waals surface area (Å²) in [4.78, 5) is 24.7. The molecule has 1 unspecified atom stereocenters. The highest BCUT2D eigenvalue weighted by molar-refractivity contribution is 7.10. The van der Waals surface area contributed by atoms with E-state index in [9.17, 15) is 9.59 Å². The van der Waals surface area contributed by atoms with E-state index in [1.165, 1.54) is 18.4 Å². The number of hydrogen-bond acceptors (Lipinski definition) is 5.